The number of nitrogens with zero attached hydrogens (tertiary/aromatic N) is 8. The summed E-state index contributed by atoms with van der Waals surface area (Å²) >= 11 is 0. The van der Waals surface area contributed by atoms with Gasteiger partial charge in [-0.15, -0.1) is 263 Å². The van der Waals surface area contributed by atoms with Gasteiger partial charge in [-0.2, -0.15) is 0 Å². The van der Waals surface area contributed by atoms with Gasteiger partial charge in [0.1, 0.15) is 0 Å². The number of pyridine rings is 8. The fourth-order valence-corrected chi connectivity index (χ4v) is 14.1. The van der Waals surface area contributed by atoms with Gasteiger partial charge in [-0.25, -0.2) is 0 Å². The van der Waals surface area contributed by atoms with Gasteiger partial charge in [0.25, 0.3) is 0 Å². The molecule has 0 saturated heterocycles. The van der Waals surface area contributed by atoms with Gasteiger partial charge in [-0.05, 0) is 138 Å². The maximum absolute atomic E-state index is 4.59. The monoisotopic (exact) mass is 2550 g/mol. The minimum absolute atomic E-state index is 0. The predicted octanol–water partition coefficient (Wildman–Crippen LogP) is 32.5. The van der Waals surface area contributed by atoms with E-state index in [1.54, 1.807) is 24.8 Å². The molecule has 12 aromatic carbocycles. The molecule has 8 heterocycles. The van der Waals surface area contributed by atoms with Crippen LogP contribution in [-0.2, 0) is 102 Å². The first-order valence-corrected chi connectivity index (χ1v) is 46.1. The summed E-state index contributed by atoms with van der Waals surface area (Å²) in [6.45, 7) is 28.7. The molecule has 0 N–H and O–H groups in total. The average Bonchev–Trinajstić information content (AvgIpc) is 0.833. The zero-order valence-electron chi connectivity index (χ0n) is 81.7. The van der Waals surface area contributed by atoms with Crippen LogP contribution in [0.3, 0.4) is 0 Å². The standard InChI is InChI=1S/C22H22N.3C21H20N.4C11H8N.4Ir/c1-16-5-14-21(23-15-16)19-8-6-17(7-9-19)18-10-12-20(13-11-18)22(2,3)4;1-21(2,3)19-13-11-17(12-14-19)16-7-9-18(10-8-16)20-6-4-5-15-22-20;1-21(2,3)19-13-14-22-20(15-19)18-11-9-17(10-12-18)16-7-5-4-6-8-16;1-21(2,3)19-13-14-20(22-15-19)18-11-9-17(10-12-18)16-7-5-4-6-8-16;4*1-2-6-10(7-3-1)11-8-4-5-9-12-11;;;;/h5-8,10-15H,1-4H3;4-9,11-15H,1-3H3;2*4-11,13-15H,1-3H3;4*1-6,8-9H;;;;/q8*-1;;;;. The second-order valence-corrected chi connectivity index (χ2v) is 36.6. The van der Waals surface area contributed by atoms with Crippen LogP contribution >= 0.6 is 0 Å². The molecule has 0 aliphatic rings. The van der Waals surface area contributed by atoms with Crippen molar-refractivity contribution in [3.05, 3.63) is 532 Å². The molecule has 0 amide bonds. The van der Waals surface area contributed by atoms with Gasteiger partial charge in [0.05, 0.1) is 0 Å². The number of rotatable bonds is 12. The summed E-state index contributed by atoms with van der Waals surface area (Å²) in [6, 6.07) is 163. The van der Waals surface area contributed by atoms with Crippen molar-refractivity contribution in [2.45, 2.75) is 112 Å². The zero-order chi connectivity index (χ0) is 96.1. The summed E-state index contributed by atoms with van der Waals surface area (Å²) in [7, 11) is 0. The first-order chi connectivity index (χ1) is 66.4. The minimum atomic E-state index is 0. The predicted molar refractivity (Wildman–Crippen MR) is 569 cm³/mol. The number of aryl methyl sites for hydroxylation is 1. The van der Waals surface area contributed by atoms with E-state index in [1.165, 1.54) is 72.3 Å². The molecule has 12 heteroatoms. The maximum atomic E-state index is 4.59. The van der Waals surface area contributed by atoms with Gasteiger partial charge in [-0.1, -0.05) is 328 Å². The van der Waals surface area contributed by atoms with E-state index in [4.69, 9.17) is 0 Å². The molecule has 0 saturated carbocycles. The third kappa shape index (κ3) is 35.0. The normalized spacial score (nSPS) is 10.5. The van der Waals surface area contributed by atoms with E-state index in [1.807, 2.05) is 262 Å². The molecule has 0 aliphatic carbocycles. The smallest absolute Gasteiger partial charge is 0.0198 e. The molecule has 0 aliphatic heterocycles. The van der Waals surface area contributed by atoms with Crippen molar-refractivity contribution in [3.63, 3.8) is 0 Å². The van der Waals surface area contributed by atoms with Crippen LogP contribution < -0.4 is 0 Å². The Bertz CT molecular complexity index is 6290. The fourth-order valence-electron chi connectivity index (χ4n) is 14.1. The first kappa shape index (κ1) is 111. The molecule has 0 unspecified atom stereocenters. The molecule has 0 bridgehead atoms. The van der Waals surface area contributed by atoms with E-state index in [-0.39, 0.29) is 102 Å². The first-order valence-electron chi connectivity index (χ1n) is 46.1. The van der Waals surface area contributed by atoms with Crippen LogP contribution in [0, 0.1) is 55.5 Å². The van der Waals surface area contributed by atoms with E-state index < -0.39 is 0 Å². The van der Waals surface area contributed by atoms with Gasteiger partial charge in [0.2, 0.25) is 0 Å². The molecule has 0 spiro atoms. The molecule has 141 heavy (non-hydrogen) atoms. The summed E-state index contributed by atoms with van der Waals surface area (Å²) in [4.78, 5) is 34.8. The Morgan fingerprint density at radius 3 is 0.652 bits per heavy atom. The zero-order valence-corrected chi connectivity index (χ0v) is 91.3. The molecule has 20 aromatic rings. The fraction of sp³-hybridized carbons (Fsp3) is 0.132. The van der Waals surface area contributed by atoms with Crippen LogP contribution in [0.15, 0.2) is 456 Å². The quantitative estimate of drug-likeness (QED) is 0.111. The molecule has 8 aromatic heterocycles. The molecule has 8 nitrogen and oxygen atoms in total. The molecule has 20 rings (SSSR count). The Morgan fingerprint density at radius 2 is 0.411 bits per heavy atom. The second-order valence-electron chi connectivity index (χ2n) is 36.6. The van der Waals surface area contributed by atoms with Gasteiger partial charge < -0.3 is 39.9 Å². The molecular weight excluding hydrogens is 2430 g/mol. The molecule has 0 fully saturated rings. The van der Waals surface area contributed by atoms with Gasteiger partial charge >= 0.3 is 0 Å². The third-order valence-electron chi connectivity index (χ3n) is 22.2. The minimum Gasteiger partial charge on any atom is -0.305 e. The van der Waals surface area contributed by atoms with Crippen molar-refractivity contribution in [1.29, 1.82) is 0 Å². The van der Waals surface area contributed by atoms with Crippen LogP contribution in [-0.4, -0.2) is 39.9 Å². The molecule has 0 atom stereocenters. The van der Waals surface area contributed by atoms with Crippen molar-refractivity contribution in [3.8, 4) is 135 Å². The molecule has 714 valence electrons. The number of hydrogen-bond donors (Lipinski definition) is 0. The number of aromatic nitrogens is 8. The van der Waals surface area contributed by atoms with Gasteiger partial charge in [0.15, 0.2) is 0 Å². The second kappa shape index (κ2) is 56.0. The van der Waals surface area contributed by atoms with Crippen LogP contribution in [0.5, 0.6) is 0 Å². The van der Waals surface area contributed by atoms with Crippen LogP contribution in [0.4, 0.5) is 0 Å². The van der Waals surface area contributed by atoms with Crippen molar-refractivity contribution < 1.29 is 80.4 Å². The summed E-state index contributed by atoms with van der Waals surface area (Å²) in [5, 5.41) is 0. The average molecular weight is 2550 g/mol. The van der Waals surface area contributed by atoms with Crippen LogP contribution in [0.1, 0.15) is 111 Å². The van der Waals surface area contributed by atoms with E-state index in [0.29, 0.717) is 0 Å². The molecule has 4 radical (unpaired) electrons. The van der Waals surface area contributed by atoms with E-state index in [9.17, 15) is 0 Å². The summed E-state index contributed by atoms with van der Waals surface area (Å²) in [6.07, 6.45) is 14.7. The Morgan fingerprint density at radius 1 is 0.170 bits per heavy atom. The Balaban J connectivity index is 0.000000182. The van der Waals surface area contributed by atoms with Crippen LogP contribution in [0.25, 0.3) is 135 Å². The summed E-state index contributed by atoms with van der Waals surface area (Å²) in [5.41, 5.74) is 32.6. The van der Waals surface area contributed by atoms with Gasteiger partial charge in [0, 0.05) is 130 Å². The van der Waals surface area contributed by atoms with E-state index >= 15 is 0 Å². The molecular formula is C129H114Ir4N8-8. The number of hydrogen-bond acceptors (Lipinski definition) is 8. The summed E-state index contributed by atoms with van der Waals surface area (Å²) < 4.78 is 0. The number of benzene rings is 12. The van der Waals surface area contributed by atoms with Crippen molar-refractivity contribution in [1.82, 2.24) is 39.9 Å². The Kier molecular flexibility index (Phi) is 44.1. The maximum Gasteiger partial charge on any atom is 0.0198 e. The third-order valence-corrected chi connectivity index (χ3v) is 22.2. The topological polar surface area (TPSA) is 103 Å². The van der Waals surface area contributed by atoms with Crippen molar-refractivity contribution >= 4 is 0 Å². The van der Waals surface area contributed by atoms with Crippen LogP contribution in [0.2, 0.25) is 0 Å². The SMILES string of the molecule is CC(C)(C)c1ccc(-c2[c-]cc(-c3ccccc3)cc2)nc1.CC(C)(C)c1ccc(-c2c[c-]c(-c3ccccn3)cc2)cc1.CC(C)(C)c1ccnc(-c2[c-]cc(-c3ccccc3)cc2)c1.Cc1ccc(-c2[c-]cc(-c3ccc(C(C)(C)C)cc3)cc2)nc1.[Ir].[Ir].[Ir].[Ir].[c-]1ccccc1-c1ccccn1.[c-]1ccccc1-c1ccccn1.[c-]1ccccc1-c1ccccn1.[c-]1ccccc1-c1ccccn1. The summed E-state index contributed by atoms with van der Waals surface area (Å²) in [5.74, 6) is 0. The van der Waals surface area contributed by atoms with Gasteiger partial charge in [-0.3, -0.25) is 0 Å². The Labute approximate surface area is 890 Å². The largest absolute Gasteiger partial charge is 0.305 e. The van der Waals surface area contributed by atoms with E-state index in [0.717, 1.165) is 90.1 Å². The van der Waals surface area contributed by atoms with Crippen molar-refractivity contribution in [2.75, 3.05) is 0 Å². The Hall–Kier alpha value is -13.6. The van der Waals surface area contributed by atoms with Crippen molar-refractivity contribution in [2.24, 2.45) is 0 Å². The van der Waals surface area contributed by atoms with E-state index in [2.05, 4.69) is 347 Å².